The lowest BCUT2D eigenvalue weighted by molar-refractivity contribution is 0.849. The first-order valence-corrected chi connectivity index (χ1v) is 6.23. The van der Waals surface area contributed by atoms with Gasteiger partial charge in [0, 0.05) is 11.1 Å². The van der Waals surface area contributed by atoms with Crippen LogP contribution >= 0.6 is 11.8 Å². The molecule has 2 nitrogen and oxygen atoms in total. The van der Waals surface area contributed by atoms with Crippen molar-refractivity contribution < 1.29 is 0 Å². The number of benzene rings is 1. The summed E-state index contributed by atoms with van der Waals surface area (Å²) in [6.45, 7) is 2.16. The van der Waals surface area contributed by atoms with Crippen molar-refractivity contribution in [3.8, 4) is 0 Å². The summed E-state index contributed by atoms with van der Waals surface area (Å²) in [5, 5.41) is 3.47. The van der Waals surface area contributed by atoms with E-state index in [-0.39, 0.29) is 0 Å². The van der Waals surface area contributed by atoms with E-state index in [1.807, 2.05) is 11.8 Å². The van der Waals surface area contributed by atoms with Crippen LogP contribution < -0.4 is 5.84 Å². The van der Waals surface area contributed by atoms with Gasteiger partial charge in [0.05, 0.1) is 0 Å². The van der Waals surface area contributed by atoms with Gasteiger partial charge in [0.25, 0.3) is 0 Å². The highest BCUT2D eigenvalue weighted by molar-refractivity contribution is 7.99. The van der Waals surface area contributed by atoms with E-state index in [4.69, 9.17) is 5.84 Å². The van der Waals surface area contributed by atoms with Gasteiger partial charge in [-0.1, -0.05) is 18.2 Å². The highest BCUT2D eigenvalue weighted by Crippen LogP contribution is 2.22. The van der Waals surface area contributed by atoms with Gasteiger partial charge in [0.2, 0.25) is 0 Å². The Morgan fingerprint density at radius 1 is 1.33 bits per heavy atom. The zero-order valence-corrected chi connectivity index (χ0v) is 9.96. The molecule has 0 amide bonds. The highest BCUT2D eigenvalue weighted by Gasteiger charge is 1.96. The van der Waals surface area contributed by atoms with Crippen LogP contribution in [-0.2, 0) is 0 Å². The molecule has 3 heteroatoms. The molecule has 1 rings (SSSR count). The quantitative estimate of drug-likeness (QED) is 0.264. The summed E-state index contributed by atoms with van der Waals surface area (Å²) in [6.07, 6.45) is 5.15. The zero-order valence-electron chi connectivity index (χ0n) is 9.15. The van der Waals surface area contributed by atoms with E-state index in [2.05, 4.69) is 36.3 Å². The van der Waals surface area contributed by atoms with E-state index in [0.29, 0.717) is 0 Å². The zero-order chi connectivity index (χ0) is 10.9. The Bertz CT molecular complexity index is 310. The van der Waals surface area contributed by atoms with Crippen molar-refractivity contribution in [2.24, 2.45) is 10.9 Å². The highest BCUT2D eigenvalue weighted by atomic mass is 32.2. The fraction of sp³-hybridized carbons (Fsp3) is 0.417. The molecule has 1 aromatic rings. The molecule has 2 N–H and O–H groups in total. The molecular formula is C12H18N2S. The molecule has 0 spiro atoms. The topological polar surface area (TPSA) is 38.4 Å². The van der Waals surface area contributed by atoms with Gasteiger partial charge in [-0.3, -0.25) is 0 Å². The third-order valence-electron chi connectivity index (χ3n) is 2.18. The largest absolute Gasteiger partial charge is 0.324 e. The molecule has 0 radical (unpaired) electrons. The van der Waals surface area contributed by atoms with Crippen LogP contribution in [0.15, 0.2) is 34.3 Å². The van der Waals surface area contributed by atoms with E-state index in [1.54, 1.807) is 6.21 Å². The van der Waals surface area contributed by atoms with Crippen LogP contribution in [0.3, 0.4) is 0 Å². The van der Waals surface area contributed by atoms with Crippen molar-refractivity contribution in [2.75, 3.05) is 5.75 Å². The first-order valence-electron chi connectivity index (χ1n) is 5.24. The second-order valence-electron chi connectivity index (χ2n) is 3.44. The van der Waals surface area contributed by atoms with Crippen molar-refractivity contribution in [3.63, 3.8) is 0 Å². The second-order valence-corrected chi connectivity index (χ2v) is 4.58. The average molecular weight is 222 g/mol. The van der Waals surface area contributed by atoms with Crippen molar-refractivity contribution in [1.82, 2.24) is 0 Å². The lowest BCUT2D eigenvalue weighted by atomic mass is 10.2. The van der Waals surface area contributed by atoms with Gasteiger partial charge >= 0.3 is 0 Å². The number of thioether (sulfide) groups is 1. The molecule has 0 saturated heterocycles. The summed E-state index contributed by atoms with van der Waals surface area (Å²) in [7, 11) is 0. The predicted octanol–water partition coefficient (Wildman–Crippen LogP) is 3.20. The van der Waals surface area contributed by atoms with E-state index in [1.165, 1.54) is 29.1 Å². The van der Waals surface area contributed by atoms with Crippen molar-refractivity contribution >= 4 is 18.0 Å². The van der Waals surface area contributed by atoms with Gasteiger partial charge in [-0.2, -0.15) is 5.10 Å². The Morgan fingerprint density at radius 3 is 2.87 bits per heavy atom. The van der Waals surface area contributed by atoms with E-state index < -0.39 is 0 Å². The van der Waals surface area contributed by atoms with Gasteiger partial charge in [-0.05, 0) is 43.6 Å². The van der Waals surface area contributed by atoms with Crippen LogP contribution in [0.4, 0.5) is 0 Å². The third-order valence-corrected chi connectivity index (χ3v) is 3.45. The molecule has 15 heavy (non-hydrogen) atoms. The number of rotatable bonds is 6. The fourth-order valence-electron chi connectivity index (χ4n) is 1.31. The van der Waals surface area contributed by atoms with E-state index in [0.717, 1.165) is 6.42 Å². The fourth-order valence-corrected chi connectivity index (χ4v) is 2.35. The first-order chi connectivity index (χ1) is 7.34. The molecule has 0 aliphatic heterocycles. The SMILES string of the molecule is Cc1ccccc1SCCCCC=NN. The molecule has 0 aliphatic rings. The number of aryl methyl sites for hydroxylation is 1. The molecular weight excluding hydrogens is 204 g/mol. The third kappa shape index (κ3) is 4.88. The van der Waals surface area contributed by atoms with Gasteiger partial charge in [-0.15, -0.1) is 11.8 Å². The maximum absolute atomic E-state index is 5.02. The smallest absolute Gasteiger partial charge is 0.0240 e. The molecule has 0 saturated carbocycles. The van der Waals surface area contributed by atoms with Crippen molar-refractivity contribution in [3.05, 3.63) is 29.8 Å². The Hall–Kier alpha value is -0.960. The van der Waals surface area contributed by atoms with Crippen LogP contribution in [0.5, 0.6) is 0 Å². The van der Waals surface area contributed by atoms with Gasteiger partial charge in [0.1, 0.15) is 0 Å². The summed E-state index contributed by atoms with van der Waals surface area (Å²) in [6, 6.07) is 8.51. The summed E-state index contributed by atoms with van der Waals surface area (Å²) in [4.78, 5) is 1.39. The Balaban J connectivity index is 2.18. The molecule has 82 valence electrons. The monoisotopic (exact) mass is 222 g/mol. The van der Waals surface area contributed by atoms with E-state index in [9.17, 15) is 0 Å². The van der Waals surface area contributed by atoms with Gasteiger partial charge in [-0.25, -0.2) is 0 Å². The first kappa shape index (κ1) is 12.1. The molecule has 0 aliphatic carbocycles. The molecule has 1 aromatic carbocycles. The van der Waals surface area contributed by atoms with Crippen LogP contribution in [-0.4, -0.2) is 12.0 Å². The summed E-state index contributed by atoms with van der Waals surface area (Å²) < 4.78 is 0. The Kier molecular flexibility index (Phi) is 5.93. The van der Waals surface area contributed by atoms with Crippen molar-refractivity contribution in [2.45, 2.75) is 31.1 Å². The number of unbranched alkanes of at least 4 members (excludes halogenated alkanes) is 2. The molecule has 0 unspecified atom stereocenters. The molecule has 0 atom stereocenters. The Morgan fingerprint density at radius 2 is 2.13 bits per heavy atom. The van der Waals surface area contributed by atoms with E-state index >= 15 is 0 Å². The average Bonchev–Trinajstić information content (AvgIpc) is 2.25. The number of nitrogens with two attached hydrogens (primary N) is 1. The lowest BCUT2D eigenvalue weighted by Crippen LogP contribution is -1.86. The van der Waals surface area contributed by atoms with Crippen LogP contribution in [0.25, 0.3) is 0 Å². The normalized spacial score (nSPS) is 11.0. The molecule has 0 aromatic heterocycles. The maximum atomic E-state index is 5.02. The minimum atomic E-state index is 0.991. The lowest BCUT2D eigenvalue weighted by Gasteiger charge is -2.03. The number of hydrogen-bond donors (Lipinski definition) is 1. The second kappa shape index (κ2) is 7.35. The van der Waals surface area contributed by atoms with Gasteiger partial charge in [0.15, 0.2) is 0 Å². The molecule has 0 heterocycles. The van der Waals surface area contributed by atoms with Crippen LogP contribution in [0.2, 0.25) is 0 Å². The van der Waals surface area contributed by atoms with Crippen molar-refractivity contribution in [1.29, 1.82) is 0 Å². The standard InChI is InChI=1S/C12H18N2S/c1-11-7-3-4-8-12(11)15-10-6-2-5-9-14-13/h3-4,7-9H,2,5-6,10,13H2,1H3. The number of nitrogens with zero attached hydrogens (tertiary/aromatic N) is 1. The molecule has 0 bridgehead atoms. The summed E-state index contributed by atoms with van der Waals surface area (Å²) in [5.41, 5.74) is 1.37. The molecule has 0 fully saturated rings. The predicted molar refractivity (Wildman–Crippen MR) is 68.4 cm³/mol. The maximum Gasteiger partial charge on any atom is 0.0240 e. The number of hydrogen-bond acceptors (Lipinski definition) is 3. The summed E-state index contributed by atoms with van der Waals surface area (Å²) in [5.74, 6) is 6.19. The minimum absolute atomic E-state index is 0.991. The van der Waals surface area contributed by atoms with Gasteiger partial charge < -0.3 is 5.84 Å². The minimum Gasteiger partial charge on any atom is -0.324 e. The van der Waals surface area contributed by atoms with Crippen LogP contribution in [0, 0.1) is 6.92 Å². The number of hydrazone groups is 1. The summed E-state index contributed by atoms with van der Waals surface area (Å²) >= 11 is 1.93. The Labute approximate surface area is 95.9 Å². The van der Waals surface area contributed by atoms with Crippen LogP contribution in [0.1, 0.15) is 24.8 Å².